The van der Waals surface area contributed by atoms with E-state index in [1.54, 1.807) is 22.6 Å². The molecule has 0 bridgehead atoms. The van der Waals surface area contributed by atoms with Crippen LogP contribution in [-0.4, -0.2) is 38.5 Å². The summed E-state index contributed by atoms with van der Waals surface area (Å²) >= 11 is 0. The second-order valence-corrected chi connectivity index (χ2v) is 7.68. The molecule has 0 unspecified atom stereocenters. The molecule has 1 aliphatic carbocycles. The Morgan fingerprint density at radius 1 is 1.35 bits per heavy atom. The zero-order chi connectivity index (χ0) is 16.4. The molecule has 0 amide bonds. The highest BCUT2D eigenvalue weighted by molar-refractivity contribution is 7.89. The number of aryl methyl sites for hydroxylation is 1. The molecule has 1 aliphatic rings. The molecule has 23 heavy (non-hydrogen) atoms. The molecule has 0 atom stereocenters. The van der Waals surface area contributed by atoms with Gasteiger partial charge in [-0.25, -0.2) is 8.42 Å². The molecule has 0 spiro atoms. The van der Waals surface area contributed by atoms with Crippen LogP contribution in [0, 0.1) is 6.92 Å². The Morgan fingerprint density at radius 3 is 2.74 bits per heavy atom. The number of rotatable bonds is 7. The topological polar surface area (TPSA) is 81.0 Å². The third-order valence-electron chi connectivity index (χ3n) is 3.95. The highest BCUT2D eigenvalue weighted by atomic mass is 32.2. The van der Waals surface area contributed by atoms with Crippen molar-refractivity contribution in [1.29, 1.82) is 0 Å². The molecule has 0 N–H and O–H groups in total. The van der Waals surface area contributed by atoms with Crippen molar-refractivity contribution in [2.75, 3.05) is 0 Å². The average molecular weight is 335 g/mol. The first-order chi connectivity index (χ1) is 11.0. The fourth-order valence-electron chi connectivity index (χ4n) is 2.60. The maximum atomic E-state index is 12.9. The van der Waals surface area contributed by atoms with Crippen LogP contribution in [0.4, 0.5) is 0 Å². The van der Waals surface area contributed by atoms with E-state index in [0.717, 1.165) is 31.6 Å². The second kappa shape index (κ2) is 6.37. The summed E-state index contributed by atoms with van der Waals surface area (Å²) in [6.45, 7) is 5.01. The zero-order valence-corrected chi connectivity index (χ0v) is 14.2. The van der Waals surface area contributed by atoms with Gasteiger partial charge in [0.2, 0.25) is 10.0 Å². The zero-order valence-electron chi connectivity index (χ0n) is 13.4. The predicted molar refractivity (Wildman–Crippen MR) is 85.0 cm³/mol. The van der Waals surface area contributed by atoms with Gasteiger partial charge >= 0.3 is 0 Å². The lowest BCUT2D eigenvalue weighted by molar-refractivity contribution is 0.380. The summed E-state index contributed by atoms with van der Waals surface area (Å²) in [7, 11) is -3.57. The summed E-state index contributed by atoms with van der Waals surface area (Å²) in [5.74, 6) is 1.51. The van der Waals surface area contributed by atoms with Crippen LogP contribution < -0.4 is 0 Å². The Kier molecular flexibility index (Phi) is 4.45. The number of sulfonamides is 1. The molecule has 2 heterocycles. The van der Waals surface area contributed by atoms with Crippen LogP contribution in [0.15, 0.2) is 29.4 Å². The van der Waals surface area contributed by atoms with Crippen molar-refractivity contribution in [3.8, 4) is 0 Å². The van der Waals surface area contributed by atoms with Crippen molar-refractivity contribution >= 4 is 10.0 Å². The number of pyridine rings is 1. The van der Waals surface area contributed by atoms with Gasteiger partial charge < -0.3 is 4.57 Å². The molecule has 3 rings (SSSR count). The van der Waals surface area contributed by atoms with Gasteiger partial charge in [0.05, 0.1) is 6.54 Å². The maximum absolute atomic E-state index is 12.9. The summed E-state index contributed by atoms with van der Waals surface area (Å²) < 4.78 is 29.4. The number of aromatic nitrogens is 4. The van der Waals surface area contributed by atoms with Gasteiger partial charge in [-0.05, 0) is 38.3 Å². The number of nitrogens with zero attached hydrogens (tertiary/aromatic N) is 5. The lowest BCUT2D eigenvalue weighted by Crippen LogP contribution is -2.34. The third-order valence-corrected chi connectivity index (χ3v) is 5.83. The Bertz CT molecular complexity index is 768. The van der Waals surface area contributed by atoms with E-state index in [1.807, 2.05) is 11.5 Å². The Balaban J connectivity index is 1.92. The standard InChI is InChI=1S/C15H21N5O2S/c1-3-9-19-12(2)17-18-15(19)11-20(13-6-7-13)23(21,22)14-5-4-8-16-10-14/h4-5,8,10,13H,3,6-7,9,11H2,1-2H3. The summed E-state index contributed by atoms with van der Waals surface area (Å²) in [6, 6.07) is 3.27. The van der Waals surface area contributed by atoms with Crippen LogP contribution in [0.5, 0.6) is 0 Å². The Hall–Kier alpha value is -1.80. The fraction of sp³-hybridized carbons (Fsp3) is 0.533. The van der Waals surface area contributed by atoms with Crippen LogP contribution in [0.2, 0.25) is 0 Å². The van der Waals surface area contributed by atoms with Crippen LogP contribution in [0.3, 0.4) is 0 Å². The minimum absolute atomic E-state index is 0.0484. The monoisotopic (exact) mass is 335 g/mol. The minimum Gasteiger partial charge on any atom is -0.314 e. The van der Waals surface area contributed by atoms with E-state index in [1.165, 1.54) is 6.20 Å². The van der Waals surface area contributed by atoms with Crippen molar-refractivity contribution in [3.63, 3.8) is 0 Å². The number of hydrogen-bond acceptors (Lipinski definition) is 5. The molecule has 0 aliphatic heterocycles. The van der Waals surface area contributed by atoms with E-state index in [4.69, 9.17) is 0 Å². The molecule has 2 aromatic rings. The molecule has 1 saturated carbocycles. The van der Waals surface area contributed by atoms with Crippen LogP contribution in [0.25, 0.3) is 0 Å². The molecule has 7 nitrogen and oxygen atoms in total. The second-order valence-electron chi connectivity index (χ2n) is 5.79. The van der Waals surface area contributed by atoms with E-state index in [2.05, 4.69) is 22.1 Å². The van der Waals surface area contributed by atoms with Gasteiger partial charge in [0.15, 0.2) is 0 Å². The van der Waals surface area contributed by atoms with Gasteiger partial charge in [-0.2, -0.15) is 4.31 Å². The van der Waals surface area contributed by atoms with Gasteiger partial charge in [0.1, 0.15) is 16.5 Å². The fourth-order valence-corrected chi connectivity index (χ4v) is 4.21. The van der Waals surface area contributed by atoms with E-state index < -0.39 is 10.0 Å². The highest BCUT2D eigenvalue weighted by Crippen LogP contribution is 2.33. The summed E-state index contributed by atoms with van der Waals surface area (Å²) in [5.41, 5.74) is 0. The van der Waals surface area contributed by atoms with Crippen molar-refractivity contribution in [2.24, 2.45) is 0 Å². The van der Waals surface area contributed by atoms with Gasteiger partial charge in [0.25, 0.3) is 0 Å². The largest absolute Gasteiger partial charge is 0.314 e. The number of hydrogen-bond donors (Lipinski definition) is 0. The highest BCUT2D eigenvalue weighted by Gasteiger charge is 2.39. The smallest absolute Gasteiger partial charge is 0.245 e. The lowest BCUT2D eigenvalue weighted by atomic mass is 10.4. The first-order valence-electron chi connectivity index (χ1n) is 7.84. The van der Waals surface area contributed by atoms with Crippen LogP contribution in [0.1, 0.15) is 37.8 Å². The molecule has 8 heteroatoms. The Morgan fingerprint density at radius 2 is 2.13 bits per heavy atom. The lowest BCUT2D eigenvalue weighted by Gasteiger charge is -2.21. The molecule has 0 radical (unpaired) electrons. The van der Waals surface area contributed by atoms with Crippen molar-refractivity contribution in [2.45, 2.75) is 57.1 Å². The minimum atomic E-state index is -3.57. The van der Waals surface area contributed by atoms with Gasteiger partial charge in [-0.1, -0.05) is 6.92 Å². The van der Waals surface area contributed by atoms with E-state index in [0.29, 0.717) is 5.82 Å². The first-order valence-corrected chi connectivity index (χ1v) is 9.28. The van der Waals surface area contributed by atoms with E-state index in [9.17, 15) is 8.42 Å². The van der Waals surface area contributed by atoms with Crippen LogP contribution >= 0.6 is 0 Å². The Labute approximate surface area is 136 Å². The molecule has 0 saturated heterocycles. The SMILES string of the molecule is CCCn1c(C)nnc1CN(C1CC1)S(=O)(=O)c1cccnc1. The molecule has 0 aromatic carbocycles. The predicted octanol–water partition coefficient (Wildman–Crippen LogP) is 1.74. The van der Waals surface area contributed by atoms with Crippen molar-refractivity contribution < 1.29 is 8.42 Å². The molecular formula is C15H21N5O2S. The van der Waals surface area contributed by atoms with Crippen molar-refractivity contribution in [1.82, 2.24) is 24.1 Å². The molecule has 1 fully saturated rings. The third kappa shape index (κ3) is 3.28. The molecule has 2 aromatic heterocycles. The van der Waals surface area contributed by atoms with Gasteiger partial charge in [-0.3, -0.25) is 4.98 Å². The first kappa shape index (κ1) is 16.1. The normalized spacial score (nSPS) is 15.3. The summed E-state index contributed by atoms with van der Waals surface area (Å²) in [4.78, 5) is 4.16. The van der Waals surface area contributed by atoms with E-state index in [-0.39, 0.29) is 17.5 Å². The maximum Gasteiger partial charge on any atom is 0.245 e. The molecule has 124 valence electrons. The summed E-state index contributed by atoms with van der Waals surface area (Å²) in [6.07, 6.45) is 5.69. The van der Waals surface area contributed by atoms with E-state index >= 15 is 0 Å². The molecular weight excluding hydrogens is 314 g/mol. The van der Waals surface area contributed by atoms with Gasteiger partial charge in [0, 0.05) is 25.0 Å². The summed E-state index contributed by atoms with van der Waals surface area (Å²) in [5, 5.41) is 8.28. The average Bonchev–Trinajstić information content (AvgIpc) is 3.33. The quantitative estimate of drug-likeness (QED) is 0.770. The van der Waals surface area contributed by atoms with Gasteiger partial charge in [-0.15, -0.1) is 10.2 Å². The van der Waals surface area contributed by atoms with Crippen LogP contribution in [-0.2, 0) is 23.1 Å². The van der Waals surface area contributed by atoms with Crippen molar-refractivity contribution in [3.05, 3.63) is 36.2 Å².